The van der Waals surface area contributed by atoms with Gasteiger partial charge in [-0.1, -0.05) is 33.6 Å². The third-order valence-corrected chi connectivity index (χ3v) is 4.20. The molecule has 5 heteroatoms. The van der Waals surface area contributed by atoms with Gasteiger partial charge in [0.1, 0.15) is 5.82 Å². The number of alkyl halides is 1. The minimum absolute atomic E-state index is 0.812. The number of benzene rings is 1. The zero-order chi connectivity index (χ0) is 12.5. The molecule has 0 amide bonds. The molecule has 0 radical (unpaired) electrons. The van der Waals surface area contributed by atoms with Crippen LogP contribution in [-0.4, -0.2) is 16.1 Å². The van der Waals surface area contributed by atoms with Crippen molar-refractivity contribution in [3.63, 3.8) is 0 Å². The highest BCUT2D eigenvalue weighted by Gasteiger charge is 2.18. The summed E-state index contributed by atoms with van der Waals surface area (Å²) in [6.07, 6.45) is 3.89. The maximum absolute atomic E-state index is 6.35. The minimum Gasteiger partial charge on any atom is -0.361 e. The molecule has 1 aliphatic heterocycles. The molecular weight excluding hydrogens is 314 g/mol. The van der Waals surface area contributed by atoms with E-state index in [-0.39, 0.29) is 0 Å². The van der Waals surface area contributed by atoms with Gasteiger partial charge in [-0.3, -0.25) is 0 Å². The van der Waals surface area contributed by atoms with Crippen molar-refractivity contribution >= 4 is 33.2 Å². The summed E-state index contributed by atoms with van der Waals surface area (Å²) in [6, 6.07) is 6.22. The Labute approximate surface area is 120 Å². The van der Waals surface area contributed by atoms with Crippen LogP contribution in [0.5, 0.6) is 0 Å². The average molecular weight is 327 g/mol. The Hall–Kier alpha value is -1.00. The van der Waals surface area contributed by atoms with Gasteiger partial charge in [0.25, 0.3) is 0 Å². The van der Waals surface area contributed by atoms with Crippen molar-refractivity contribution in [1.29, 1.82) is 0 Å². The number of hydrogen-bond acceptors (Lipinski definition) is 2. The van der Waals surface area contributed by atoms with Crippen LogP contribution in [0.15, 0.2) is 30.6 Å². The second-order valence-electron chi connectivity index (χ2n) is 4.38. The quantitative estimate of drug-likeness (QED) is 0.788. The van der Waals surface area contributed by atoms with Gasteiger partial charge in [0, 0.05) is 30.8 Å². The minimum atomic E-state index is 0.812. The Balaban J connectivity index is 1.88. The summed E-state index contributed by atoms with van der Waals surface area (Å²) in [4.78, 5) is 6.65. The van der Waals surface area contributed by atoms with Crippen LogP contribution < -0.4 is 4.90 Å². The lowest BCUT2D eigenvalue weighted by Gasteiger charge is -2.30. The van der Waals surface area contributed by atoms with Crippen LogP contribution in [-0.2, 0) is 18.4 Å². The van der Waals surface area contributed by atoms with Crippen molar-refractivity contribution in [2.24, 2.45) is 0 Å². The lowest BCUT2D eigenvalue weighted by Crippen LogP contribution is -2.33. The summed E-state index contributed by atoms with van der Waals surface area (Å²) in [6.45, 7) is 2.75. The number of anilines is 1. The van der Waals surface area contributed by atoms with Gasteiger partial charge in [-0.15, -0.1) is 0 Å². The molecule has 0 aliphatic carbocycles. The van der Waals surface area contributed by atoms with E-state index in [2.05, 4.69) is 42.5 Å². The molecule has 0 bridgehead atoms. The lowest BCUT2D eigenvalue weighted by molar-refractivity contribution is 0.560. The molecular formula is C13H13BrClN3. The van der Waals surface area contributed by atoms with Gasteiger partial charge >= 0.3 is 0 Å². The molecule has 0 saturated heterocycles. The molecule has 0 unspecified atom stereocenters. The Morgan fingerprint density at radius 3 is 3.00 bits per heavy atom. The van der Waals surface area contributed by atoms with Crippen LogP contribution >= 0.6 is 27.5 Å². The second-order valence-corrected chi connectivity index (χ2v) is 5.35. The van der Waals surface area contributed by atoms with E-state index in [4.69, 9.17) is 11.6 Å². The number of fused-ring (bicyclic) bond motifs is 1. The summed E-state index contributed by atoms with van der Waals surface area (Å²) in [5, 5.41) is 1.64. The zero-order valence-corrected chi connectivity index (χ0v) is 12.2. The van der Waals surface area contributed by atoms with Gasteiger partial charge in [-0.25, -0.2) is 4.98 Å². The average Bonchev–Trinajstić information content (AvgIpc) is 2.85. The summed E-state index contributed by atoms with van der Waals surface area (Å²) >= 11 is 9.80. The predicted molar refractivity (Wildman–Crippen MR) is 77.4 cm³/mol. The summed E-state index contributed by atoms with van der Waals surface area (Å²) in [7, 11) is 0. The fraction of sp³-hybridized carbons (Fsp3) is 0.308. The van der Waals surface area contributed by atoms with E-state index in [0.29, 0.717) is 0 Å². The van der Waals surface area contributed by atoms with Gasteiger partial charge in [0.05, 0.1) is 17.3 Å². The van der Waals surface area contributed by atoms with E-state index in [0.717, 1.165) is 41.5 Å². The van der Waals surface area contributed by atoms with Crippen molar-refractivity contribution in [1.82, 2.24) is 9.55 Å². The number of imidazole rings is 1. The number of rotatable bonds is 2. The standard InChI is InChI=1S/C13H13BrClN3/c14-8-10-1-2-12(11(15)7-10)18-6-5-17-4-3-16-13(17)9-18/h1-4,7H,5-6,8-9H2. The highest BCUT2D eigenvalue weighted by Crippen LogP contribution is 2.29. The molecule has 94 valence electrons. The van der Waals surface area contributed by atoms with Gasteiger partial charge in [-0.05, 0) is 17.7 Å². The SMILES string of the molecule is Clc1cc(CBr)ccc1N1CCn2ccnc2C1. The molecule has 18 heavy (non-hydrogen) atoms. The second kappa shape index (κ2) is 4.94. The smallest absolute Gasteiger partial charge is 0.128 e. The Kier molecular flexibility index (Phi) is 3.31. The molecule has 0 fully saturated rings. The number of nitrogens with zero attached hydrogens (tertiary/aromatic N) is 3. The summed E-state index contributed by atoms with van der Waals surface area (Å²) < 4.78 is 2.19. The molecule has 0 saturated carbocycles. The van der Waals surface area contributed by atoms with E-state index in [1.165, 1.54) is 5.56 Å². The molecule has 0 spiro atoms. The third-order valence-electron chi connectivity index (χ3n) is 3.25. The van der Waals surface area contributed by atoms with Gasteiger partial charge in [0.2, 0.25) is 0 Å². The van der Waals surface area contributed by atoms with Crippen molar-refractivity contribution in [3.05, 3.63) is 47.0 Å². The largest absolute Gasteiger partial charge is 0.361 e. The molecule has 2 aromatic rings. The van der Waals surface area contributed by atoms with Gasteiger partial charge < -0.3 is 9.47 Å². The summed E-state index contributed by atoms with van der Waals surface area (Å²) in [5.41, 5.74) is 2.29. The van der Waals surface area contributed by atoms with E-state index in [9.17, 15) is 0 Å². The molecule has 1 aliphatic rings. The normalized spacial score (nSPS) is 14.7. The predicted octanol–water partition coefficient (Wildman–Crippen LogP) is 3.45. The van der Waals surface area contributed by atoms with Crippen molar-refractivity contribution in [3.8, 4) is 0 Å². The molecule has 1 aromatic heterocycles. The maximum atomic E-state index is 6.35. The first kappa shape index (κ1) is 12.1. The van der Waals surface area contributed by atoms with E-state index >= 15 is 0 Å². The van der Waals surface area contributed by atoms with Gasteiger partial charge in [-0.2, -0.15) is 0 Å². The Morgan fingerprint density at radius 2 is 2.22 bits per heavy atom. The van der Waals surface area contributed by atoms with Crippen molar-refractivity contribution in [2.45, 2.75) is 18.4 Å². The van der Waals surface area contributed by atoms with Crippen LogP contribution in [0.1, 0.15) is 11.4 Å². The molecule has 0 atom stereocenters. The Bertz CT molecular complexity index is 567. The van der Waals surface area contributed by atoms with Crippen LogP contribution in [0.25, 0.3) is 0 Å². The highest BCUT2D eigenvalue weighted by molar-refractivity contribution is 9.08. The van der Waals surface area contributed by atoms with Crippen LogP contribution in [0.3, 0.4) is 0 Å². The highest BCUT2D eigenvalue weighted by atomic mass is 79.9. The maximum Gasteiger partial charge on any atom is 0.128 e. The lowest BCUT2D eigenvalue weighted by atomic mass is 10.2. The first-order valence-corrected chi connectivity index (χ1v) is 7.37. The third kappa shape index (κ3) is 2.15. The topological polar surface area (TPSA) is 21.1 Å². The first-order valence-electron chi connectivity index (χ1n) is 5.87. The number of halogens is 2. The Morgan fingerprint density at radius 1 is 1.33 bits per heavy atom. The number of hydrogen-bond donors (Lipinski definition) is 0. The molecule has 0 N–H and O–H groups in total. The van der Waals surface area contributed by atoms with Crippen molar-refractivity contribution < 1.29 is 0 Å². The van der Waals surface area contributed by atoms with Crippen LogP contribution in [0, 0.1) is 0 Å². The molecule has 3 rings (SSSR count). The van der Waals surface area contributed by atoms with E-state index in [1.807, 2.05) is 18.5 Å². The van der Waals surface area contributed by atoms with E-state index < -0.39 is 0 Å². The fourth-order valence-corrected chi connectivity index (χ4v) is 2.94. The number of aromatic nitrogens is 2. The fourth-order valence-electron chi connectivity index (χ4n) is 2.27. The summed E-state index contributed by atoms with van der Waals surface area (Å²) in [5.74, 6) is 1.10. The molecule has 1 aromatic carbocycles. The molecule has 2 heterocycles. The zero-order valence-electron chi connectivity index (χ0n) is 9.81. The first-order chi connectivity index (χ1) is 8.78. The monoisotopic (exact) mass is 325 g/mol. The van der Waals surface area contributed by atoms with Crippen LogP contribution in [0.4, 0.5) is 5.69 Å². The van der Waals surface area contributed by atoms with Crippen molar-refractivity contribution in [2.75, 3.05) is 11.4 Å². The van der Waals surface area contributed by atoms with Crippen LogP contribution in [0.2, 0.25) is 5.02 Å². The van der Waals surface area contributed by atoms with Gasteiger partial charge in [0.15, 0.2) is 0 Å². The van der Waals surface area contributed by atoms with E-state index in [1.54, 1.807) is 0 Å². The molecule has 3 nitrogen and oxygen atoms in total.